The van der Waals surface area contributed by atoms with Crippen molar-refractivity contribution in [1.29, 1.82) is 0 Å². The average Bonchev–Trinajstić information content (AvgIpc) is 2.18. The van der Waals surface area contributed by atoms with Gasteiger partial charge in [0.15, 0.2) is 0 Å². The molecule has 1 heterocycles. The van der Waals surface area contributed by atoms with Crippen molar-refractivity contribution in [2.75, 3.05) is 5.73 Å². The molecule has 3 nitrogen and oxygen atoms in total. The van der Waals surface area contributed by atoms with Gasteiger partial charge in [0.05, 0.1) is 6.10 Å². The summed E-state index contributed by atoms with van der Waals surface area (Å²) in [6.07, 6.45) is 3.83. The van der Waals surface area contributed by atoms with E-state index in [1.807, 2.05) is 12.1 Å². The third-order valence-electron chi connectivity index (χ3n) is 2.46. The van der Waals surface area contributed by atoms with Gasteiger partial charge in [-0.1, -0.05) is 19.9 Å². The van der Waals surface area contributed by atoms with Gasteiger partial charge >= 0.3 is 0 Å². The Morgan fingerprint density at radius 3 is 2.73 bits per heavy atom. The average molecular weight is 208 g/mol. The van der Waals surface area contributed by atoms with Gasteiger partial charge in [-0.3, -0.25) is 0 Å². The second-order valence-electron chi connectivity index (χ2n) is 4.38. The number of anilines is 1. The molecule has 0 aliphatic rings. The number of aliphatic hydroxyl groups is 1. The second-order valence-corrected chi connectivity index (χ2v) is 4.38. The molecule has 0 bridgehead atoms. The fourth-order valence-corrected chi connectivity index (χ4v) is 1.51. The number of nitrogens with two attached hydrogens (primary N) is 1. The lowest BCUT2D eigenvalue weighted by atomic mass is 10.0. The Morgan fingerprint density at radius 2 is 2.13 bits per heavy atom. The summed E-state index contributed by atoms with van der Waals surface area (Å²) in [7, 11) is 0. The first-order valence-electron chi connectivity index (χ1n) is 5.47. The SMILES string of the molecule is CC(C)CCC(O)Cc1cccnc1N. The Hall–Kier alpha value is -1.09. The number of hydrogen-bond donors (Lipinski definition) is 2. The molecular formula is C12H20N2O. The summed E-state index contributed by atoms with van der Waals surface area (Å²) in [6.45, 7) is 4.32. The standard InChI is InChI=1S/C12H20N2O/c1-9(2)5-6-11(15)8-10-4-3-7-14-12(10)13/h3-4,7,9,11,15H,5-6,8H2,1-2H3,(H2,13,14). The van der Waals surface area contributed by atoms with Crippen LogP contribution in [0.15, 0.2) is 18.3 Å². The molecule has 0 radical (unpaired) electrons. The predicted octanol–water partition coefficient (Wildman–Crippen LogP) is 2.00. The molecule has 1 aromatic rings. The first-order valence-corrected chi connectivity index (χ1v) is 5.47. The van der Waals surface area contributed by atoms with Gasteiger partial charge in [0.2, 0.25) is 0 Å². The minimum atomic E-state index is -0.307. The zero-order chi connectivity index (χ0) is 11.3. The third kappa shape index (κ3) is 4.30. The van der Waals surface area contributed by atoms with E-state index in [1.165, 1.54) is 0 Å². The molecular weight excluding hydrogens is 188 g/mol. The molecule has 0 saturated heterocycles. The van der Waals surface area contributed by atoms with Crippen LogP contribution in [0.1, 0.15) is 32.3 Å². The van der Waals surface area contributed by atoms with Crippen LogP contribution in [-0.4, -0.2) is 16.2 Å². The molecule has 0 fully saturated rings. The maximum absolute atomic E-state index is 9.79. The number of pyridine rings is 1. The van der Waals surface area contributed by atoms with Crippen molar-refractivity contribution in [3.8, 4) is 0 Å². The first kappa shape index (κ1) is 12.0. The lowest BCUT2D eigenvalue weighted by Gasteiger charge is -2.12. The molecule has 15 heavy (non-hydrogen) atoms. The van der Waals surface area contributed by atoms with Crippen LogP contribution in [0.2, 0.25) is 0 Å². The minimum Gasteiger partial charge on any atom is -0.393 e. The lowest BCUT2D eigenvalue weighted by molar-refractivity contribution is 0.157. The van der Waals surface area contributed by atoms with Crippen LogP contribution in [0.4, 0.5) is 5.82 Å². The number of aliphatic hydroxyl groups excluding tert-OH is 1. The summed E-state index contributed by atoms with van der Waals surface area (Å²) >= 11 is 0. The molecule has 0 aliphatic carbocycles. The fraction of sp³-hybridized carbons (Fsp3) is 0.583. The van der Waals surface area contributed by atoms with Gasteiger partial charge in [-0.25, -0.2) is 4.98 Å². The molecule has 3 N–H and O–H groups in total. The summed E-state index contributed by atoms with van der Waals surface area (Å²) in [5.41, 5.74) is 6.64. The highest BCUT2D eigenvalue weighted by Crippen LogP contribution is 2.14. The third-order valence-corrected chi connectivity index (χ3v) is 2.46. The van der Waals surface area contributed by atoms with Crippen molar-refractivity contribution in [3.63, 3.8) is 0 Å². The Bertz CT molecular complexity index is 299. The highest BCUT2D eigenvalue weighted by molar-refractivity contribution is 5.38. The highest BCUT2D eigenvalue weighted by Gasteiger charge is 2.08. The second kappa shape index (κ2) is 5.71. The van der Waals surface area contributed by atoms with E-state index in [9.17, 15) is 5.11 Å². The Morgan fingerprint density at radius 1 is 1.40 bits per heavy atom. The van der Waals surface area contributed by atoms with E-state index < -0.39 is 0 Å². The highest BCUT2D eigenvalue weighted by atomic mass is 16.3. The van der Waals surface area contributed by atoms with Gasteiger partial charge in [0.1, 0.15) is 5.82 Å². The zero-order valence-electron chi connectivity index (χ0n) is 9.48. The van der Waals surface area contributed by atoms with E-state index in [0.29, 0.717) is 18.2 Å². The fourth-order valence-electron chi connectivity index (χ4n) is 1.51. The van der Waals surface area contributed by atoms with Crippen LogP contribution in [0.3, 0.4) is 0 Å². The zero-order valence-corrected chi connectivity index (χ0v) is 9.48. The summed E-state index contributed by atoms with van der Waals surface area (Å²) in [4.78, 5) is 3.99. The van der Waals surface area contributed by atoms with Gasteiger partial charge in [-0.05, 0) is 30.4 Å². The van der Waals surface area contributed by atoms with E-state index in [4.69, 9.17) is 5.73 Å². The van der Waals surface area contributed by atoms with Gasteiger partial charge in [0.25, 0.3) is 0 Å². The molecule has 0 aliphatic heterocycles. The van der Waals surface area contributed by atoms with E-state index in [-0.39, 0.29) is 6.10 Å². The molecule has 1 unspecified atom stereocenters. The molecule has 0 spiro atoms. The number of aromatic nitrogens is 1. The monoisotopic (exact) mass is 208 g/mol. The Balaban J connectivity index is 2.44. The Kier molecular flexibility index (Phi) is 4.56. The molecule has 1 aromatic heterocycles. The maximum Gasteiger partial charge on any atom is 0.126 e. The van der Waals surface area contributed by atoms with Crippen molar-refractivity contribution in [1.82, 2.24) is 4.98 Å². The van der Waals surface area contributed by atoms with Gasteiger partial charge < -0.3 is 10.8 Å². The number of nitrogen functional groups attached to an aromatic ring is 1. The molecule has 84 valence electrons. The van der Waals surface area contributed by atoms with Crippen LogP contribution < -0.4 is 5.73 Å². The van der Waals surface area contributed by atoms with Crippen molar-refractivity contribution < 1.29 is 5.11 Å². The van der Waals surface area contributed by atoms with Crippen LogP contribution in [-0.2, 0) is 6.42 Å². The maximum atomic E-state index is 9.79. The van der Waals surface area contributed by atoms with E-state index in [1.54, 1.807) is 6.20 Å². The molecule has 0 aromatic carbocycles. The topological polar surface area (TPSA) is 59.1 Å². The van der Waals surface area contributed by atoms with Crippen molar-refractivity contribution in [2.24, 2.45) is 5.92 Å². The van der Waals surface area contributed by atoms with E-state index in [0.717, 1.165) is 18.4 Å². The van der Waals surface area contributed by atoms with Gasteiger partial charge in [0, 0.05) is 12.6 Å². The lowest BCUT2D eigenvalue weighted by Crippen LogP contribution is -2.13. The van der Waals surface area contributed by atoms with Crippen LogP contribution >= 0.6 is 0 Å². The summed E-state index contributed by atoms with van der Waals surface area (Å²) in [5.74, 6) is 1.16. The van der Waals surface area contributed by atoms with E-state index >= 15 is 0 Å². The normalized spacial score (nSPS) is 13.1. The quantitative estimate of drug-likeness (QED) is 0.778. The minimum absolute atomic E-state index is 0.307. The van der Waals surface area contributed by atoms with Crippen molar-refractivity contribution in [2.45, 2.75) is 39.2 Å². The molecule has 0 saturated carbocycles. The number of nitrogens with zero attached hydrogens (tertiary/aromatic N) is 1. The number of rotatable bonds is 5. The summed E-state index contributed by atoms with van der Waals surface area (Å²) in [6, 6.07) is 3.77. The largest absolute Gasteiger partial charge is 0.393 e. The van der Waals surface area contributed by atoms with Crippen LogP contribution in [0, 0.1) is 5.92 Å². The molecule has 1 atom stereocenters. The van der Waals surface area contributed by atoms with Crippen molar-refractivity contribution in [3.05, 3.63) is 23.9 Å². The Labute approximate surface area is 91.3 Å². The summed E-state index contributed by atoms with van der Waals surface area (Å²) < 4.78 is 0. The van der Waals surface area contributed by atoms with Crippen molar-refractivity contribution >= 4 is 5.82 Å². The smallest absolute Gasteiger partial charge is 0.126 e. The molecule has 3 heteroatoms. The van der Waals surface area contributed by atoms with Crippen LogP contribution in [0.25, 0.3) is 0 Å². The summed E-state index contributed by atoms with van der Waals surface area (Å²) in [5, 5.41) is 9.79. The molecule has 0 amide bonds. The predicted molar refractivity (Wildman–Crippen MR) is 62.4 cm³/mol. The number of hydrogen-bond acceptors (Lipinski definition) is 3. The van der Waals surface area contributed by atoms with Crippen LogP contribution in [0.5, 0.6) is 0 Å². The van der Waals surface area contributed by atoms with E-state index in [2.05, 4.69) is 18.8 Å². The molecule has 1 rings (SSSR count). The first-order chi connectivity index (χ1) is 7.09. The van der Waals surface area contributed by atoms with Gasteiger partial charge in [-0.15, -0.1) is 0 Å². The van der Waals surface area contributed by atoms with Gasteiger partial charge in [-0.2, -0.15) is 0 Å².